The average molecular weight is 290 g/mol. The van der Waals surface area contributed by atoms with Crippen LogP contribution < -0.4 is 11.1 Å². The Balaban J connectivity index is 1.77. The van der Waals surface area contributed by atoms with E-state index >= 15 is 0 Å². The normalized spacial score (nSPS) is 22.1. The minimum Gasteiger partial charge on any atom is -0.397 e. The van der Waals surface area contributed by atoms with Crippen molar-refractivity contribution in [2.75, 3.05) is 25.9 Å². The molecule has 1 atom stereocenters. The number of nitrogen functional groups attached to an aromatic ring is 1. The van der Waals surface area contributed by atoms with Crippen LogP contribution in [0.15, 0.2) is 12.3 Å². The van der Waals surface area contributed by atoms with E-state index < -0.39 is 0 Å². The zero-order valence-corrected chi connectivity index (χ0v) is 12.3. The van der Waals surface area contributed by atoms with Crippen molar-refractivity contribution in [3.05, 3.63) is 18.0 Å². The monoisotopic (exact) mass is 290 g/mol. The van der Waals surface area contributed by atoms with Gasteiger partial charge in [0.05, 0.1) is 11.6 Å². The molecule has 1 saturated carbocycles. The quantitative estimate of drug-likeness (QED) is 0.871. The van der Waals surface area contributed by atoms with Crippen LogP contribution in [0.4, 0.5) is 5.69 Å². The van der Waals surface area contributed by atoms with Gasteiger partial charge in [0.1, 0.15) is 5.69 Å². The molecule has 21 heavy (non-hydrogen) atoms. The summed E-state index contributed by atoms with van der Waals surface area (Å²) in [6, 6.07) is 2.17. The lowest BCUT2D eigenvalue weighted by Crippen LogP contribution is -2.45. The van der Waals surface area contributed by atoms with Gasteiger partial charge in [-0.25, -0.2) is 0 Å². The van der Waals surface area contributed by atoms with E-state index in [2.05, 4.69) is 5.32 Å². The first-order chi connectivity index (χ1) is 10.1. The van der Waals surface area contributed by atoms with E-state index in [4.69, 9.17) is 5.73 Å². The topological polar surface area (TPSA) is 80.4 Å². The number of hydrogen-bond donors (Lipinski definition) is 2. The number of rotatable bonds is 3. The van der Waals surface area contributed by atoms with Crippen molar-refractivity contribution >= 4 is 17.5 Å². The van der Waals surface area contributed by atoms with E-state index in [0.717, 1.165) is 25.7 Å². The van der Waals surface area contributed by atoms with Crippen molar-refractivity contribution in [2.45, 2.75) is 31.7 Å². The maximum absolute atomic E-state index is 12.7. The van der Waals surface area contributed by atoms with E-state index in [-0.39, 0.29) is 17.7 Å². The minimum absolute atomic E-state index is 0.00722. The smallest absolute Gasteiger partial charge is 0.270 e. The van der Waals surface area contributed by atoms with Crippen molar-refractivity contribution in [1.29, 1.82) is 0 Å². The third kappa shape index (κ3) is 2.75. The van der Waals surface area contributed by atoms with Crippen molar-refractivity contribution in [3.8, 4) is 0 Å². The number of hydrogen-bond acceptors (Lipinski definition) is 3. The summed E-state index contributed by atoms with van der Waals surface area (Å²) in [5.74, 6) is -0.0915. The van der Waals surface area contributed by atoms with Gasteiger partial charge >= 0.3 is 0 Å². The maximum atomic E-state index is 12.7. The SMILES string of the molecule is CNC(=O)C1CCCN(C(=O)c2cc(N)cn2C2CC2)C1. The van der Waals surface area contributed by atoms with Gasteiger partial charge in [-0.05, 0) is 31.7 Å². The molecular weight excluding hydrogens is 268 g/mol. The molecule has 1 aliphatic carbocycles. The van der Waals surface area contributed by atoms with Crippen LogP contribution in [0, 0.1) is 5.92 Å². The lowest BCUT2D eigenvalue weighted by atomic mass is 9.97. The van der Waals surface area contributed by atoms with Crippen LogP contribution in [0.2, 0.25) is 0 Å². The highest BCUT2D eigenvalue weighted by Gasteiger charge is 2.32. The first-order valence-electron chi connectivity index (χ1n) is 7.58. The average Bonchev–Trinajstić information content (AvgIpc) is 3.28. The molecule has 1 saturated heterocycles. The van der Waals surface area contributed by atoms with E-state index in [1.165, 1.54) is 0 Å². The lowest BCUT2D eigenvalue weighted by molar-refractivity contribution is -0.125. The Morgan fingerprint density at radius 3 is 2.76 bits per heavy atom. The Labute approximate surface area is 124 Å². The van der Waals surface area contributed by atoms with Gasteiger partial charge in [-0.1, -0.05) is 0 Å². The van der Waals surface area contributed by atoms with Gasteiger partial charge in [-0.15, -0.1) is 0 Å². The molecule has 1 aromatic heterocycles. The fourth-order valence-corrected chi connectivity index (χ4v) is 3.07. The van der Waals surface area contributed by atoms with Gasteiger partial charge in [0, 0.05) is 32.4 Å². The maximum Gasteiger partial charge on any atom is 0.270 e. The Kier molecular flexibility index (Phi) is 3.61. The van der Waals surface area contributed by atoms with Gasteiger partial charge < -0.3 is 20.5 Å². The highest BCUT2D eigenvalue weighted by Crippen LogP contribution is 2.37. The summed E-state index contributed by atoms with van der Waals surface area (Å²) >= 11 is 0. The summed E-state index contributed by atoms with van der Waals surface area (Å²) in [4.78, 5) is 26.3. The van der Waals surface area contributed by atoms with Gasteiger partial charge in [-0.3, -0.25) is 9.59 Å². The molecule has 6 heteroatoms. The molecule has 1 unspecified atom stereocenters. The molecule has 3 rings (SSSR count). The molecule has 2 fully saturated rings. The second kappa shape index (κ2) is 5.42. The number of carbonyl (C=O) groups excluding carboxylic acids is 2. The molecule has 114 valence electrons. The molecule has 0 radical (unpaired) electrons. The molecule has 0 bridgehead atoms. The fourth-order valence-electron chi connectivity index (χ4n) is 3.07. The first-order valence-corrected chi connectivity index (χ1v) is 7.58. The molecular formula is C15H22N4O2. The summed E-state index contributed by atoms with van der Waals surface area (Å²) in [7, 11) is 1.64. The van der Waals surface area contributed by atoms with Gasteiger partial charge in [0.15, 0.2) is 0 Å². The van der Waals surface area contributed by atoms with E-state index in [0.29, 0.717) is 30.5 Å². The molecule has 2 heterocycles. The predicted octanol–water partition coefficient (Wildman–Crippen LogP) is 1.00. The van der Waals surface area contributed by atoms with Gasteiger partial charge in [0.2, 0.25) is 5.91 Å². The van der Waals surface area contributed by atoms with Gasteiger partial charge in [0.25, 0.3) is 5.91 Å². The van der Waals surface area contributed by atoms with Crippen LogP contribution in [-0.4, -0.2) is 41.4 Å². The highest BCUT2D eigenvalue weighted by atomic mass is 16.2. The number of piperidine rings is 1. The minimum atomic E-state index is -0.102. The lowest BCUT2D eigenvalue weighted by Gasteiger charge is -2.32. The molecule has 0 aromatic carbocycles. The molecule has 0 spiro atoms. The van der Waals surface area contributed by atoms with Crippen LogP contribution >= 0.6 is 0 Å². The second-order valence-electron chi connectivity index (χ2n) is 6.00. The molecule has 2 aliphatic rings. The van der Waals surface area contributed by atoms with Gasteiger partial charge in [-0.2, -0.15) is 0 Å². The third-order valence-corrected chi connectivity index (χ3v) is 4.35. The van der Waals surface area contributed by atoms with Crippen molar-refractivity contribution in [3.63, 3.8) is 0 Å². The largest absolute Gasteiger partial charge is 0.397 e. The number of nitrogens with two attached hydrogens (primary N) is 1. The number of aromatic nitrogens is 1. The van der Waals surface area contributed by atoms with Crippen LogP contribution in [0.25, 0.3) is 0 Å². The van der Waals surface area contributed by atoms with Crippen molar-refractivity contribution in [2.24, 2.45) is 5.92 Å². The molecule has 1 aliphatic heterocycles. The number of anilines is 1. The van der Waals surface area contributed by atoms with E-state index in [1.54, 1.807) is 18.0 Å². The fraction of sp³-hybridized carbons (Fsp3) is 0.600. The summed E-state index contributed by atoms with van der Waals surface area (Å²) in [5.41, 5.74) is 7.14. The summed E-state index contributed by atoms with van der Waals surface area (Å²) in [5, 5.41) is 2.68. The molecule has 3 N–H and O–H groups in total. The highest BCUT2D eigenvalue weighted by molar-refractivity contribution is 5.94. The summed E-state index contributed by atoms with van der Waals surface area (Å²) in [6.07, 6.45) is 5.77. The molecule has 6 nitrogen and oxygen atoms in total. The van der Waals surface area contributed by atoms with Crippen LogP contribution in [0.3, 0.4) is 0 Å². The zero-order chi connectivity index (χ0) is 15.0. The van der Waals surface area contributed by atoms with E-state index in [1.807, 2.05) is 10.8 Å². The third-order valence-electron chi connectivity index (χ3n) is 4.35. The molecule has 1 aromatic rings. The van der Waals surface area contributed by atoms with Crippen LogP contribution in [0.1, 0.15) is 42.2 Å². The summed E-state index contributed by atoms with van der Waals surface area (Å²) < 4.78 is 2.00. The second-order valence-corrected chi connectivity index (χ2v) is 6.00. The Morgan fingerprint density at radius 2 is 2.10 bits per heavy atom. The number of amides is 2. The molecule has 2 amide bonds. The Morgan fingerprint density at radius 1 is 1.33 bits per heavy atom. The number of nitrogens with zero attached hydrogens (tertiary/aromatic N) is 2. The zero-order valence-electron chi connectivity index (χ0n) is 12.3. The predicted molar refractivity (Wildman–Crippen MR) is 79.8 cm³/mol. The first kappa shape index (κ1) is 14.0. The Hall–Kier alpha value is -1.98. The number of nitrogens with one attached hydrogen (secondary N) is 1. The standard InChI is InChI=1S/C15H22N4O2/c1-17-14(20)10-3-2-6-18(8-10)15(21)13-7-11(16)9-19(13)12-4-5-12/h7,9-10,12H,2-6,8,16H2,1H3,(H,17,20). The van der Waals surface area contributed by atoms with Crippen molar-refractivity contribution < 1.29 is 9.59 Å². The van der Waals surface area contributed by atoms with E-state index in [9.17, 15) is 9.59 Å². The Bertz CT molecular complexity index is 562. The number of carbonyl (C=O) groups is 2. The number of likely N-dealkylation sites (tertiary alicyclic amines) is 1. The summed E-state index contributed by atoms with van der Waals surface area (Å²) in [6.45, 7) is 1.20. The van der Waals surface area contributed by atoms with Crippen LogP contribution in [0.5, 0.6) is 0 Å². The van der Waals surface area contributed by atoms with Crippen molar-refractivity contribution in [1.82, 2.24) is 14.8 Å². The van der Waals surface area contributed by atoms with Crippen LogP contribution in [-0.2, 0) is 4.79 Å².